The van der Waals surface area contributed by atoms with Crippen molar-refractivity contribution in [2.75, 3.05) is 57.3 Å². The molecular weight excluding hydrogens is 645 g/mol. The molecular formula is C38H41Cl2N5O3. The zero-order chi connectivity index (χ0) is 32.9. The second-order valence-corrected chi connectivity index (χ2v) is 13.7. The summed E-state index contributed by atoms with van der Waals surface area (Å²) in [7, 11) is 0. The number of hydrogen-bond donors (Lipinski definition) is 0. The predicted molar refractivity (Wildman–Crippen MR) is 191 cm³/mol. The second kappa shape index (κ2) is 14.7. The highest BCUT2D eigenvalue weighted by Gasteiger charge is 2.42. The molecule has 0 spiro atoms. The van der Waals surface area contributed by atoms with Crippen LogP contribution in [0.25, 0.3) is 11.0 Å². The Morgan fingerprint density at radius 3 is 2.56 bits per heavy atom. The number of carbonyl (C=O) groups excluding carboxylic acids is 1. The molecule has 4 heterocycles. The summed E-state index contributed by atoms with van der Waals surface area (Å²) in [5.41, 5.74) is 3.80. The molecule has 2 aromatic heterocycles. The number of ether oxygens (including phenoxy) is 1. The number of para-hydroxylation sites is 2. The Kier molecular flexibility index (Phi) is 10.0. The highest BCUT2D eigenvalue weighted by atomic mass is 35.5. The van der Waals surface area contributed by atoms with Crippen molar-refractivity contribution in [2.24, 2.45) is 0 Å². The molecule has 10 heteroatoms. The van der Waals surface area contributed by atoms with E-state index in [1.54, 1.807) is 6.26 Å². The number of hydrogen-bond acceptors (Lipinski definition) is 6. The molecule has 7 rings (SSSR count). The first-order chi connectivity index (χ1) is 23.5. The second-order valence-electron chi connectivity index (χ2n) is 12.9. The Balaban J connectivity index is 1.04. The summed E-state index contributed by atoms with van der Waals surface area (Å²) >= 11 is 12.9. The maximum absolute atomic E-state index is 13.5. The number of fused-ring (bicyclic) bond motifs is 1. The van der Waals surface area contributed by atoms with Gasteiger partial charge in [-0.1, -0.05) is 59.6 Å². The van der Waals surface area contributed by atoms with Crippen LogP contribution in [-0.4, -0.2) is 77.7 Å². The van der Waals surface area contributed by atoms with Crippen LogP contribution in [0.2, 0.25) is 10.0 Å². The Hall–Kier alpha value is -3.82. The minimum absolute atomic E-state index is 0.0807. The van der Waals surface area contributed by atoms with Crippen molar-refractivity contribution in [3.63, 3.8) is 0 Å². The van der Waals surface area contributed by atoms with Crippen LogP contribution in [0.5, 0.6) is 0 Å². The molecule has 0 aliphatic carbocycles. The molecule has 1 unspecified atom stereocenters. The Morgan fingerprint density at radius 2 is 1.73 bits per heavy atom. The van der Waals surface area contributed by atoms with Crippen LogP contribution in [0.1, 0.15) is 40.9 Å². The molecule has 2 aliphatic heterocycles. The normalized spacial score (nSPS) is 18.9. The fourth-order valence-electron chi connectivity index (χ4n) is 7.23. The number of benzene rings is 3. The predicted octanol–water partition coefficient (Wildman–Crippen LogP) is 7.54. The van der Waals surface area contributed by atoms with Gasteiger partial charge in [0.25, 0.3) is 5.91 Å². The first kappa shape index (κ1) is 32.7. The number of anilines is 1. The lowest BCUT2D eigenvalue weighted by Gasteiger charge is -2.33. The largest absolute Gasteiger partial charge is 0.467 e. The molecule has 3 aromatic carbocycles. The van der Waals surface area contributed by atoms with Crippen LogP contribution in [0.15, 0.2) is 95.6 Å². The molecule has 8 nitrogen and oxygen atoms in total. The van der Waals surface area contributed by atoms with Gasteiger partial charge in [-0.2, -0.15) is 0 Å². The smallest absolute Gasteiger partial charge is 0.253 e. The molecule has 0 saturated carbocycles. The van der Waals surface area contributed by atoms with Crippen molar-refractivity contribution in [2.45, 2.75) is 37.8 Å². The molecule has 5 aromatic rings. The third kappa shape index (κ3) is 7.13. The number of amides is 1. The Labute approximate surface area is 291 Å². The monoisotopic (exact) mass is 685 g/mol. The maximum atomic E-state index is 13.5. The minimum atomic E-state index is -0.200. The van der Waals surface area contributed by atoms with Crippen LogP contribution in [0, 0.1) is 0 Å². The molecule has 0 N–H and O–H groups in total. The summed E-state index contributed by atoms with van der Waals surface area (Å²) in [6.45, 7) is 7.78. The topological polar surface area (TPSA) is 67.0 Å². The van der Waals surface area contributed by atoms with E-state index in [0.29, 0.717) is 42.9 Å². The number of furan rings is 1. The summed E-state index contributed by atoms with van der Waals surface area (Å²) in [5, 5.41) is 1.11. The first-order valence-corrected chi connectivity index (χ1v) is 17.6. The summed E-state index contributed by atoms with van der Waals surface area (Å²) in [6, 6.07) is 27.7. The molecule has 250 valence electrons. The fourth-order valence-corrected chi connectivity index (χ4v) is 7.53. The molecule has 0 radical (unpaired) electrons. The molecule has 48 heavy (non-hydrogen) atoms. The molecule has 1 atom stereocenters. The van der Waals surface area contributed by atoms with Crippen molar-refractivity contribution in [3.05, 3.63) is 118 Å². The third-order valence-electron chi connectivity index (χ3n) is 9.89. The van der Waals surface area contributed by atoms with Gasteiger partial charge in [0.15, 0.2) is 0 Å². The van der Waals surface area contributed by atoms with E-state index in [-0.39, 0.29) is 11.3 Å². The Morgan fingerprint density at radius 1 is 0.875 bits per heavy atom. The van der Waals surface area contributed by atoms with Crippen LogP contribution in [0.4, 0.5) is 5.95 Å². The lowest BCUT2D eigenvalue weighted by atomic mass is 9.76. The number of nitrogens with zero attached hydrogens (tertiary/aromatic N) is 5. The van der Waals surface area contributed by atoms with Gasteiger partial charge in [-0.15, -0.1) is 0 Å². The molecule has 0 bridgehead atoms. The van der Waals surface area contributed by atoms with Gasteiger partial charge in [-0.3, -0.25) is 4.79 Å². The number of aromatic nitrogens is 2. The highest BCUT2D eigenvalue weighted by molar-refractivity contribution is 6.42. The van der Waals surface area contributed by atoms with E-state index in [2.05, 4.69) is 38.6 Å². The van der Waals surface area contributed by atoms with Gasteiger partial charge in [0.05, 0.1) is 33.9 Å². The van der Waals surface area contributed by atoms with Crippen LogP contribution in [-0.2, 0) is 23.3 Å². The van der Waals surface area contributed by atoms with Gasteiger partial charge in [0.2, 0.25) is 5.95 Å². The van der Waals surface area contributed by atoms with Gasteiger partial charge in [0.1, 0.15) is 12.4 Å². The van der Waals surface area contributed by atoms with E-state index in [1.165, 1.54) is 0 Å². The summed E-state index contributed by atoms with van der Waals surface area (Å²) < 4.78 is 13.7. The van der Waals surface area contributed by atoms with E-state index in [1.807, 2.05) is 65.6 Å². The van der Waals surface area contributed by atoms with Gasteiger partial charge in [0, 0.05) is 50.2 Å². The van der Waals surface area contributed by atoms with Crippen LogP contribution < -0.4 is 4.90 Å². The van der Waals surface area contributed by atoms with E-state index in [4.69, 9.17) is 37.3 Å². The minimum Gasteiger partial charge on any atom is -0.467 e. The van der Waals surface area contributed by atoms with Crippen molar-refractivity contribution >= 4 is 46.1 Å². The van der Waals surface area contributed by atoms with Gasteiger partial charge < -0.3 is 28.4 Å². The fraction of sp³-hybridized carbons (Fsp3) is 0.368. The number of halogens is 2. The maximum Gasteiger partial charge on any atom is 0.253 e. The number of carbonyl (C=O) groups is 1. The first-order valence-electron chi connectivity index (χ1n) is 16.8. The molecule has 1 amide bonds. The van der Waals surface area contributed by atoms with Crippen LogP contribution >= 0.6 is 23.2 Å². The van der Waals surface area contributed by atoms with Crippen molar-refractivity contribution in [1.82, 2.24) is 19.4 Å². The number of likely N-dealkylation sites (tertiary alicyclic amines) is 1. The van der Waals surface area contributed by atoms with Gasteiger partial charge in [-0.05, 0) is 86.4 Å². The van der Waals surface area contributed by atoms with Crippen molar-refractivity contribution in [1.29, 1.82) is 0 Å². The zero-order valence-corrected chi connectivity index (χ0v) is 28.6. The average molecular weight is 687 g/mol. The zero-order valence-electron chi connectivity index (χ0n) is 27.1. The standard InChI is InChI=1S/C38H41Cl2N5O3/c39-32-14-13-30(26-33(32)40)38(16-20-44(28-38)36(46)29-8-2-1-3-9-29)15-19-42-17-7-18-43(22-21-42)37-41-34-11-4-5-12-35(34)45(37)23-25-47-27-31-10-6-24-48-31/h1-6,8-14,24,26H,7,15-23,25,27-28H2. The van der Waals surface area contributed by atoms with E-state index < -0.39 is 0 Å². The van der Waals surface area contributed by atoms with Gasteiger partial charge >= 0.3 is 0 Å². The summed E-state index contributed by atoms with van der Waals surface area (Å²) in [6.07, 6.45) is 4.52. The molecule has 2 fully saturated rings. The van der Waals surface area contributed by atoms with E-state index in [9.17, 15) is 4.79 Å². The quantitative estimate of drug-likeness (QED) is 0.134. The Bertz CT molecular complexity index is 1830. The summed E-state index contributed by atoms with van der Waals surface area (Å²) in [4.78, 5) is 25.6. The average Bonchev–Trinajstić information content (AvgIpc) is 3.84. The third-order valence-corrected chi connectivity index (χ3v) is 10.6. The van der Waals surface area contributed by atoms with E-state index >= 15 is 0 Å². The number of rotatable bonds is 11. The lowest BCUT2D eigenvalue weighted by Crippen LogP contribution is -2.39. The lowest BCUT2D eigenvalue weighted by molar-refractivity contribution is 0.0781. The highest BCUT2D eigenvalue weighted by Crippen LogP contribution is 2.41. The van der Waals surface area contributed by atoms with Crippen molar-refractivity contribution < 1.29 is 13.9 Å². The SMILES string of the molecule is O=C(c1ccccc1)N1CCC(CCN2CCCN(c3nc4ccccc4n3CCOCc3ccco3)CC2)(c2ccc(Cl)c(Cl)c2)C1. The number of imidazole rings is 1. The van der Waals surface area contributed by atoms with Crippen molar-refractivity contribution in [3.8, 4) is 0 Å². The summed E-state index contributed by atoms with van der Waals surface area (Å²) in [5.74, 6) is 1.90. The molecule has 2 saturated heterocycles. The molecule has 2 aliphatic rings. The van der Waals surface area contributed by atoms with Crippen LogP contribution in [0.3, 0.4) is 0 Å². The van der Waals surface area contributed by atoms with E-state index in [0.717, 1.165) is 85.9 Å². The van der Waals surface area contributed by atoms with Gasteiger partial charge in [-0.25, -0.2) is 4.98 Å².